The number of aromatic nitrogens is 3. The van der Waals surface area contributed by atoms with E-state index in [1.165, 1.54) is 16.3 Å². The summed E-state index contributed by atoms with van der Waals surface area (Å²) in [6.45, 7) is 13.9. The third-order valence-corrected chi connectivity index (χ3v) is 11.9. The number of fused-ring (bicyclic) bond motifs is 6. The van der Waals surface area contributed by atoms with Crippen molar-refractivity contribution in [3.63, 3.8) is 0 Å². The number of cyclic esters (lactones) is 1. The number of esters is 1. The predicted molar refractivity (Wildman–Crippen MR) is 207 cm³/mol. The molecule has 1 amide bonds. The molecule has 13 nitrogen and oxygen atoms in total. The van der Waals surface area contributed by atoms with Gasteiger partial charge >= 0.3 is 5.97 Å². The molecule has 1 aromatic carbocycles. The van der Waals surface area contributed by atoms with Crippen molar-refractivity contribution in [2.24, 2.45) is 11.1 Å². The third kappa shape index (κ3) is 6.98. The average molecular weight is 758 g/mol. The number of hydrogen-bond acceptors (Lipinski definition) is 12. The van der Waals surface area contributed by atoms with Crippen LogP contribution in [0.4, 0.5) is 5.69 Å². The largest absolute Gasteiger partial charge is 0.489 e. The Hall–Kier alpha value is -4.08. The van der Waals surface area contributed by atoms with Crippen LogP contribution in [0.3, 0.4) is 0 Å². The normalized spacial score (nSPS) is 25.2. The Morgan fingerprint density at radius 3 is 2.69 bits per heavy atom. The summed E-state index contributed by atoms with van der Waals surface area (Å²) in [7, 11) is 1.72. The van der Waals surface area contributed by atoms with Crippen LogP contribution >= 0.6 is 11.3 Å². The maximum Gasteiger partial charge on any atom is 0.324 e. The minimum atomic E-state index is -0.809. The molecule has 0 aliphatic carbocycles. The maximum atomic E-state index is 13.6. The molecule has 6 bridgehead atoms. The topological polar surface area (TPSA) is 146 Å². The molecule has 2 saturated heterocycles. The summed E-state index contributed by atoms with van der Waals surface area (Å²) < 4.78 is 26.9. The fourth-order valence-corrected chi connectivity index (χ4v) is 9.27. The van der Waals surface area contributed by atoms with Gasteiger partial charge < -0.3 is 34.1 Å². The van der Waals surface area contributed by atoms with Gasteiger partial charge in [0, 0.05) is 60.5 Å². The number of amides is 1. The van der Waals surface area contributed by atoms with Crippen LogP contribution in [-0.4, -0.2) is 95.7 Å². The average Bonchev–Trinajstić information content (AvgIpc) is 3.75. The zero-order valence-electron chi connectivity index (χ0n) is 32.0. The van der Waals surface area contributed by atoms with Crippen LogP contribution in [0.15, 0.2) is 29.8 Å². The lowest BCUT2D eigenvalue weighted by molar-refractivity contribution is -0.154. The molecule has 14 heteroatoms. The molecular weight excluding hydrogens is 707 g/mol. The smallest absolute Gasteiger partial charge is 0.324 e. The number of anilines is 1. The third-order valence-electron chi connectivity index (χ3n) is 11.0. The monoisotopic (exact) mass is 757 g/mol. The lowest BCUT2D eigenvalue weighted by atomic mass is 9.84. The highest BCUT2D eigenvalue weighted by Crippen LogP contribution is 2.47. The van der Waals surface area contributed by atoms with E-state index < -0.39 is 17.5 Å². The Bertz CT molecular complexity index is 2070. The number of rotatable bonds is 4. The van der Waals surface area contributed by atoms with Crippen LogP contribution in [0.25, 0.3) is 33.4 Å². The standard InChI is InChI=1S/C40H51N7O6S/c1-22-18-45(19-23(2)53-22)26-14-28(35(42-17-26)24(3)50-6)36-29-16-40(4,5)21-52-39(49)31-8-7-9-47(44-31)38(48)30(41)15-34-43-32(20-54-34)25-12-27(29)37-33(13-25)51-11-10-46(36)37/h12-14,17,20,22-24,30-31,44H,7-11,15-16,18-19,21,41H2,1-6H3/t22-,23+,24-,30?,31?/m0/s1. The molecule has 0 spiro atoms. The van der Waals surface area contributed by atoms with Gasteiger partial charge in [-0.25, -0.2) is 10.4 Å². The number of carbonyl (C=O) groups excluding carboxylic acids is 2. The molecule has 288 valence electrons. The molecule has 8 rings (SSSR count). The quantitative estimate of drug-likeness (QED) is 0.271. The first kappa shape index (κ1) is 36.9. The number of hydrazine groups is 1. The summed E-state index contributed by atoms with van der Waals surface area (Å²) in [5, 5.41) is 5.33. The van der Waals surface area contributed by atoms with Crippen molar-refractivity contribution in [2.75, 3.05) is 44.9 Å². The van der Waals surface area contributed by atoms with Gasteiger partial charge in [0.2, 0.25) is 0 Å². The first-order valence-electron chi connectivity index (χ1n) is 19.1. The number of thiazole rings is 1. The number of nitrogens with zero attached hydrogens (tertiary/aromatic N) is 5. The highest BCUT2D eigenvalue weighted by molar-refractivity contribution is 7.10. The number of ether oxygens (including phenoxy) is 4. The van der Waals surface area contributed by atoms with E-state index in [0.29, 0.717) is 39.0 Å². The van der Waals surface area contributed by atoms with Crippen molar-refractivity contribution >= 4 is 39.8 Å². The van der Waals surface area contributed by atoms with Crippen molar-refractivity contribution in [1.82, 2.24) is 25.0 Å². The highest BCUT2D eigenvalue weighted by atomic mass is 32.1. The number of methoxy groups -OCH3 is 1. The molecule has 2 unspecified atom stereocenters. The molecular formula is C40H51N7O6S. The molecule has 2 fully saturated rings. The number of nitrogens with two attached hydrogens (primary N) is 1. The molecule has 5 atom stereocenters. The van der Waals surface area contributed by atoms with E-state index >= 15 is 0 Å². The van der Waals surface area contributed by atoms with Crippen molar-refractivity contribution in [1.29, 1.82) is 0 Å². The van der Waals surface area contributed by atoms with Crippen molar-refractivity contribution in [3.05, 3.63) is 46.0 Å². The summed E-state index contributed by atoms with van der Waals surface area (Å²) in [5.74, 6) is 0.150. The fraction of sp³-hybridized carbons (Fsp3) is 0.550. The highest BCUT2D eigenvalue weighted by Gasteiger charge is 2.36. The summed E-state index contributed by atoms with van der Waals surface area (Å²) in [5.41, 5.74) is 16.9. The van der Waals surface area contributed by atoms with E-state index in [1.807, 2.05) is 18.5 Å². The van der Waals surface area contributed by atoms with Gasteiger partial charge in [-0.05, 0) is 63.8 Å². The first-order chi connectivity index (χ1) is 25.9. The lowest BCUT2D eigenvalue weighted by Crippen LogP contribution is -2.59. The Labute approximate surface area is 320 Å². The molecule has 4 aliphatic heterocycles. The van der Waals surface area contributed by atoms with Gasteiger partial charge in [0.25, 0.3) is 5.91 Å². The molecule has 0 saturated carbocycles. The van der Waals surface area contributed by atoms with Crippen LogP contribution in [0.2, 0.25) is 0 Å². The van der Waals surface area contributed by atoms with Gasteiger partial charge in [-0.15, -0.1) is 11.3 Å². The summed E-state index contributed by atoms with van der Waals surface area (Å²) in [4.78, 5) is 39.4. The fourth-order valence-electron chi connectivity index (χ4n) is 8.41. The summed E-state index contributed by atoms with van der Waals surface area (Å²) in [6, 6.07) is 5.10. The van der Waals surface area contributed by atoms with E-state index in [9.17, 15) is 9.59 Å². The number of pyridine rings is 1. The van der Waals surface area contributed by atoms with Gasteiger partial charge in [-0.3, -0.25) is 19.6 Å². The maximum absolute atomic E-state index is 13.6. The minimum absolute atomic E-state index is 0.0902. The van der Waals surface area contributed by atoms with Gasteiger partial charge in [0.1, 0.15) is 18.4 Å². The molecule has 3 N–H and O–H groups in total. The van der Waals surface area contributed by atoms with E-state index in [2.05, 4.69) is 60.8 Å². The SMILES string of the molecule is CO[C@@H](C)c1ncc(N2C[C@@H](C)O[C@@H](C)C2)cc1-c1c2c3cc(cc4c3n1CCO4)-c1csc(n1)CC(N)C(=O)N1CCCC(N1)C(=O)OCC(C)(C)C2. The van der Waals surface area contributed by atoms with E-state index in [4.69, 9.17) is 34.6 Å². The Morgan fingerprint density at radius 1 is 1.11 bits per heavy atom. The Balaban J connectivity index is 1.32. The van der Waals surface area contributed by atoms with E-state index in [1.54, 1.807) is 7.11 Å². The van der Waals surface area contributed by atoms with Crippen molar-refractivity contribution < 1.29 is 28.5 Å². The second kappa shape index (κ2) is 14.5. The molecule has 4 aromatic rings. The summed E-state index contributed by atoms with van der Waals surface area (Å²) in [6.07, 6.45) is 3.99. The molecule has 0 radical (unpaired) electrons. The summed E-state index contributed by atoms with van der Waals surface area (Å²) >= 11 is 1.49. The number of benzene rings is 1. The molecule has 7 heterocycles. The van der Waals surface area contributed by atoms with E-state index in [-0.39, 0.29) is 43.2 Å². The van der Waals surface area contributed by atoms with Crippen LogP contribution in [0, 0.1) is 5.41 Å². The van der Waals surface area contributed by atoms with Crippen LogP contribution in [-0.2, 0) is 43.2 Å². The zero-order chi connectivity index (χ0) is 37.9. The molecule has 4 aliphatic rings. The van der Waals surface area contributed by atoms with Crippen LogP contribution < -0.4 is 20.8 Å². The van der Waals surface area contributed by atoms with Crippen molar-refractivity contribution in [2.45, 2.75) is 97.2 Å². The number of morpholine rings is 1. The lowest BCUT2D eigenvalue weighted by Gasteiger charge is -2.37. The number of carbonyl (C=O) groups is 2. The molecule has 3 aromatic heterocycles. The molecule has 54 heavy (non-hydrogen) atoms. The van der Waals surface area contributed by atoms with Crippen molar-refractivity contribution in [3.8, 4) is 28.3 Å². The van der Waals surface area contributed by atoms with Crippen LogP contribution in [0.1, 0.15) is 69.8 Å². The van der Waals surface area contributed by atoms with Gasteiger partial charge in [-0.1, -0.05) is 13.8 Å². The zero-order valence-corrected chi connectivity index (χ0v) is 32.8. The van der Waals surface area contributed by atoms with Gasteiger partial charge in [0.15, 0.2) is 0 Å². The van der Waals surface area contributed by atoms with Gasteiger partial charge in [-0.2, -0.15) is 0 Å². The van der Waals surface area contributed by atoms with E-state index in [0.717, 1.165) is 74.2 Å². The Kier molecular flexibility index (Phi) is 9.92. The second-order valence-corrected chi connectivity index (χ2v) is 17.0. The Morgan fingerprint density at radius 2 is 1.91 bits per heavy atom. The first-order valence-corrected chi connectivity index (χ1v) is 20.0. The minimum Gasteiger partial charge on any atom is -0.489 e. The van der Waals surface area contributed by atoms with Crippen LogP contribution in [0.5, 0.6) is 5.75 Å². The predicted octanol–water partition coefficient (Wildman–Crippen LogP) is 5.03. The van der Waals surface area contributed by atoms with Gasteiger partial charge in [0.05, 0.1) is 77.0 Å². The second-order valence-electron chi connectivity index (χ2n) is 16.1. The number of hydrogen-bond donors (Lipinski definition) is 2. The number of nitrogens with one attached hydrogen (secondary N) is 1.